The van der Waals surface area contributed by atoms with Gasteiger partial charge in [-0.15, -0.1) is 0 Å². The van der Waals surface area contributed by atoms with E-state index in [2.05, 4.69) is 45.9 Å². The summed E-state index contributed by atoms with van der Waals surface area (Å²) < 4.78 is 10.9. The van der Waals surface area contributed by atoms with Crippen LogP contribution in [-0.2, 0) is 6.42 Å². The van der Waals surface area contributed by atoms with E-state index < -0.39 is 0 Å². The van der Waals surface area contributed by atoms with Gasteiger partial charge < -0.3 is 9.47 Å². The fourth-order valence-corrected chi connectivity index (χ4v) is 2.88. The molecule has 0 aliphatic carbocycles. The Hall–Kier alpha value is -2.81. The molecule has 28 heavy (non-hydrogen) atoms. The highest BCUT2D eigenvalue weighted by Crippen LogP contribution is 2.30. The summed E-state index contributed by atoms with van der Waals surface area (Å²) in [6.07, 6.45) is 6.26. The third-order valence-electron chi connectivity index (χ3n) is 4.63. The second-order valence-electron chi connectivity index (χ2n) is 7.37. The largest absolute Gasteiger partial charge is 0.496 e. The molecule has 0 unspecified atom stereocenters. The van der Waals surface area contributed by atoms with Gasteiger partial charge in [-0.05, 0) is 55.0 Å². The Kier molecular flexibility index (Phi) is 7.62. The van der Waals surface area contributed by atoms with E-state index in [9.17, 15) is 4.79 Å². The number of methoxy groups -OCH3 is 2. The smallest absolute Gasteiger partial charge is 0.189 e. The molecule has 0 N–H and O–H groups in total. The van der Waals surface area contributed by atoms with E-state index in [4.69, 9.17) is 9.47 Å². The van der Waals surface area contributed by atoms with Gasteiger partial charge in [-0.3, -0.25) is 4.79 Å². The minimum absolute atomic E-state index is 0.0918. The van der Waals surface area contributed by atoms with E-state index in [1.165, 1.54) is 11.1 Å². The Bertz CT molecular complexity index is 867. The molecule has 0 radical (unpaired) electrons. The van der Waals surface area contributed by atoms with Crippen LogP contribution in [0.25, 0.3) is 6.08 Å². The van der Waals surface area contributed by atoms with Crippen LogP contribution in [0.4, 0.5) is 0 Å². The topological polar surface area (TPSA) is 35.5 Å². The highest BCUT2D eigenvalue weighted by Gasteiger charge is 2.15. The van der Waals surface area contributed by atoms with E-state index in [-0.39, 0.29) is 5.78 Å². The number of allylic oxidation sites excluding steroid dienone is 3. The summed E-state index contributed by atoms with van der Waals surface area (Å²) in [6.45, 7) is 8.43. The molecule has 0 atom stereocenters. The van der Waals surface area contributed by atoms with Crippen molar-refractivity contribution in [2.75, 3.05) is 14.2 Å². The van der Waals surface area contributed by atoms with Gasteiger partial charge in [0.05, 0.1) is 19.8 Å². The number of carbonyl (C=O) groups is 1. The lowest BCUT2D eigenvalue weighted by Gasteiger charge is -2.13. The van der Waals surface area contributed by atoms with E-state index >= 15 is 0 Å². The average Bonchev–Trinajstić information content (AvgIpc) is 2.69. The van der Waals surface area contributed by atoms with Crippen molar-refractivity contribution < 1.29 is 14.3 Å². The van der Waals surface area contributed by atoms with Crippen molar-refractivity contribution >= 4 is 11.9 Å². The van der Waals surface area contributed by atoms with Gasteiger partial charge in [0.25, 0.3) is 0 Å². The monoisotopic (exact) mass is 378 g/mol. The number of ketones is 1. The first-order valence-corrected chi connectivity index (χ1v) is 9.56. The zero-order chi connectivity index (χ0) is 20.7. The molecule has 0 amide bonds. The maximum Gasteiger partial charge on any atom is 0.189 e. The van der Waals surface area contributed by atoms with Crippen LogP contribution in [0.1, 0.15) is 60.7 Å². The maximum atomic E-state index is 12.8. The maximum absolute atomic E-state index is 12.8. The Morgan fingerprint density at radius 2 is 1.64 bits per heavy atom. The second kappa shape index (κ2) is 9.93. The van der Waals surface area contributed by atoms with Crippen LogP contribution in [0, 0.1) is 0 Å². The van der Waals surface area contributed by atoms with Crippen LogP contribution in [0.15, 0.2) is 54.1 Å². The number of hydrogen-bond acceptors (Lipinski definition) is 3. The Labute approximate surface area is 168 Å². The van der Waals surface area contributed by atoms with E-state index in [1.54, 1.807) is 26.4 Å². The molecule has 0 saturated carbocycles. The standard InChI is InChI=1S/C25H30O3/c1-17(2)7-11-21-15-22(25(28-6)16-24(21)27-5)23(26)14-10-19-8-12-20(13-9-19)18(3)4/h7-10,12-16,18H,11H2,1-6H3. The molecule has 0 bridgehead atoms. The van der Waals surface area contributed by atoms with Crippen molar-refractivity contribution in [1.82, 2.24) is 0 Å². The van der Waals surface area contributed by atoms with Crippen molar-refractivity contribution in [3.8, 4) is 11.5 Å². The summed E-state index contributed by atoms with van der Waals surface area (Å²) >= 11 is 0. The molecular weight excluding hydrogens is 348 g/mol. The Balaban J connectivity index is 2.32. The zero-order valence-electron chi connectivity index (χ0n) is 17.7. The second-order valence-corrected chi connectivity index (χ2v) is 7.37. The molecule has 0 aromatic heterocycles. The van der Waals surface area contributed by atoms with Crippen LogP contribution in [0.5, 0.6) is 11.5 Å². The average molecular weight is 379 g/mol. The molecular formula is C25H30O3. The lowest BCUT2D eigenvalue weighted by molar-refractivity contribution is 0.104. The summed E-state index contributed by atoms with van der Waals surface area (Å²) in [6, 6.07) is 11.9. The Morgan fingerprint density at radius 1 is 1.00 bits per heavy atom. The first kappa shape index (κ1) is 21.5. The van der Waals surface area contributed by atoms with Crippen LogP contribution in [0.3, 0.4) is 0 Å². The predicted molar refractivity (Wildman–Crippen MR) is 117 cm³/mol. The summed E-state index contributed by atoms with van der Waals surface area (Å²) in [7, 11) is 3.19. The molecule has 0 saturated heterocycles. The molecule has 3 heteroatoms. The zero-order valence-corrected chi connectivity index (χ0v) is 17.7. The molecule has 2 aromatic carbocycles. The normalized spacial score (nSPS) is 11.0. The third kappa shape index (κ3) is 5.59. The van der Waals surface area contributed by atoms with E-state index in [0.29, 0.717) is 23.7 Å². The molecule has 148 valence electrons. The van der Waals surface area contributed by atoms with Gasteiger partial charge in [-0.1, -0.05) is 55.8 Å². The van der Waals surface area contributed by atoms with Crippen molar-refractivity contribution in [3.63, 3.8) is 0 Å². The molecule has 0 aliphatic heterocycles. The van der Waals surface area contributed by atoms with E-state index in [1.807, 2.05) is 24.3 Å². The lowest BCUT2D eigenvalue weighted by Crippen LogP contribution is -2.02. The fourth-order valence-electron chi connectivity index (χ4n) is 2.88. The van der Waals surface area contributed by atoms with Crippen LogP contribution in [0.2, 0.25) is 0 Å². The highest BCUT2D eigenvalue weighted by atomic mass is 16.5. The van der Waals surface area contributed by atoms with Crippen LogP contribution in [-0.4, -0.2) is 20.0 Å². The molecule has 2 aromatic rings. The van der Waals surface area contributed by atoms with Gasteiger partial charge in [0.2, 0.25) is 0 Å². The molecule has 0 spiro atoms. The highest BCUT2D eigenvalue weighted by molar-refractivity contribution is 6.09. The molecule has 0 fully saturated rings. The molecule has 0 aliphatic rings. The SMILES string of the molecule is COc1cc(OC)c(C(=O)C=Cc2ccc(C(C)C)cc2)cc1CC=C(C)C. The van der Waals surface area contributed by atoms with Crippen LogP contribution < -0.4 is 9.47 Å². The van der Waals surface area contributed by atoms with Gasteiger partial charge in [0.15, 0.2) is 5.78 Å². The molecule has 3 nitrogen and oxygen atoms in total. The first-order chi connectivity index (χ1) is 13.3. The van der Waals surface area contributed by atoms with E-state index in [0.717, 1.165) is 16.9 Å². The van der Waals surface area contributed by atoms with Gasteiger partial charge in [0, 0.05) is 6.07 Å². The molecule has 2 rings (SSSR count). The third-order valence-corrected chi connectivity index (χ3v) is 4.63. The predicted octanol–water partition coefficient (Wildman–Crippen LogP) is 6.23. The summed E-state index contributed by atoms with van der Waals surface area (Å²) in [5, 5.41) is 0. The lowest BCUT2D eigenvalue weighted by atomic mass is 10.00. The minimum Gasteiger partial charge on any atom is -0.496 e. The minimum atomic E-state index is -0.0918. The van der Waals surface area contributed by atoms with Gasteiger partial charge in [-0.25, -0.2) is 0 Å². The van der Waals surface area contributed by atoms with Crippen molar-refractivity contribution in [2.45, 2.75) is 40.0 Å². The van der Waals surface area contributed by atoms with Gasteiger partial charge >= 0.3 is 0 Å². The number of ether oxygens (including phenoxy) is 2. The van der Waals surface area contributed by atoms with Crippen molar-refractivity contribution in [2.24, 2.45) is 0 Å². The quantitative estimate of drug-likeness (QED) is 0.310. The number of hydrogen-bond donors (Lipinski definition) is 0. The van der Waals surface area contributed by atoms with Gasteiger partial charge in [0.1, 0.15) is 11.5 Å². The summed E-state index contributed by atoms with van der Waals surface area (Å²) in [5.74, 6) is 1.63. The van der Waals surface area contributed by atoms with Crippen molar-refractivity contribution in [3.05, 3.63) is 76.4 Å². The number of carbonyl (C=O) groups excluding carboxylic acids is 1. The molecule has 0 heterocycles. The fraction of sp³-hybridized carbons (Fsp3) is 0.320. The van der Waals surface area contributed by atoms with Gasteiger partial charge in [-0.2, -0.15) is 0 Å². The Morgan fingerprint density at radius 3 is 2.18 bits per heavy atom. The van der Waals surface area contributed by atoms with Crippen LogP contribution >= 0.6 is 0 Å². The first-order valence-electron chi connectivity index (χ1n) is 9.56. The summed E-state index contributed by atoms with van der Waals surface area (Å²) in [4.78, 5) is 12.8. The van der Waals surface area contributed by atoms with Crippen molar-refractivity contribution in [1.29, 1.82) is 0 Å². The number of benzene rings is 2. The summed E-state index contributed by atoms with van der Waals surface area (Å²) in [5.41, 5.74) is 4.99. The number of rotatable bonds is 8.